The SMILES string of the molecule is CNc1cc(F)c(F)c2c1[nH]c1nc(Oc3cnc(C(C)OP(=O)(O)O)nc3)nc(N3CC4CC3CC4N)c12. The van der Waals surface area contributed by atoms with Gasteiger partial charge in [0.05, 0.1) is 34.4 Å². The van der Waals surface area contributed by atoms with E-state index in [-0.39, 0.29) is 46.6 Å². The number of fused-ring (bicyclic) bond motifs is 5. The van der Waals surface area contributed by atoms with Crippen LogP contribution in [-0.2, 0) is 9.09 Å². The van der Waals surface area contributed by atoms with Gasteiger partial charge >= 0.3 is 13.8 Å². The lowest BCUT2D eigenvalue weighted by molar-refractivity contribution is 0.140. The van der Waals surface area contributed by atoms with Crippen molar-refractivity contribution in [1.82, 2.24) is 24.9 Å². The number of rotatable bonds is 7. The Morgan fingerprint density at radius 3 is 2.59 bits per heavy atom. The van der Waals surface area contributed by atoms with Crippen LogP contribution in [0.3, 0.4) is 0 Å². The Labute approximate surface area is 220 Å². The Bertz CT molecular complexity index is 1630. The third-order valence-corrected chi connectivity index (χ3v) is 7.83. The summed E-state index contributed by atoms with van der Waals surface area (Å²) in [6.07, 6.45) is 3.11. The molecule has 6 rings (SSSR count). The van der Waals surface area contributed by atoms with E-state index in [1.807, 2.05) is 4.90 Å². The Morgan fingerprint density at radius 2 is 1.97 bits per heavy atom. The molecule has 1 aliphatic heterocycles. The summed E-state index contributed by atoms with van der Waals surface area (Å²) in [6, 6.07) is 1.14. The first-order valence-corrected chi connectivity index (χ1v) is 13.7. The van der Waals surface area contributed by atoms with Crippen molar-refractivity contribution >= 4 is 41.3 Å². The summed E-state index contributed by atoms with van der Waals surface area (Å²) in [5, 5.41) is 3.25. The maximum atomic E-state index is 15.2. The van der Waals surface area contributed by atoms with Crippen LogP contribution in [0.5, 0.6) is 11.8 Å². The van der Waals surface area contributed by atoms with E-state index < -0.39 is 25.6 Å². The van der Waals surface area contributed by atoms with Gasteiger partial charge in [-0.05, 0) is 25.7 Å². The lowest BCUT2D eigenvalue weighted by Gasteiger charge is -2.31. The van der Waals surface area contributed by atoms with Gasteiger partial charge in [0, 0.05) is 31.7 Å². The van der Waals surface area contributed by atoms with Gasteiger partial charge in [-0.1, -0.05) is 0 Å². The molecule has 4 heterocycles. The van der Waals surface area contributed by atoms with E-state index in [1.165, 1.54) is 19.3 Å². The number of nitrogens with one attached hydrogen (secondary N) is 2. The Kier molecular flexibility index (Phi) is 6.15. The number of benzene rings is 1. The molecule has 206 valence electrons. The van der Waals surface area contributed by atoms with E-state index in [9.17, 15) is 8.96 Å². The van der Waals surface area contributed by atoms with Crippen LogP contribution >= 0.6 is 7.82 Å². The van der Waals surface area contributed by atoms with Gasteiger partial charge in [0.2, 0.25) is 0 Å². The Balaban J connectivity index is 1.43. The minimum absolute atomic E-state index is 0.0277. The molecule has 39 heavy (non-hydrogen) atoms. The maximum absolute atomic E-state index is 15.2. The fourth-order valence-electron chi connectivity index (χ4n) is 5.51. The molecule has 16 heteroatoms. The molecule has 0 radical (unpaired) electrons. The van der Waals surface area contributed by atoms with Crippen molar-refractivity contribution in [2.75, 3.05) is 23.8 Å². The van der Waals surface area contributed by atoms with Gasteiger partial charge in [0.1, 0.15) is 17.6 Å². The first-order valence-electron chi connectivity index (χ1n) is 12.2. The topological polar surface area (TPSA) is 185 Å². The zero-order valence-corrected chi connectivity index (χ0v) is 21.7. The van der Waals surface area contributed by atoms with Gasteiger partial charge in [-0.15, -0.1) is 0 Å². The maximum Gasteiger partial charge on any atom is 0.470 e. The number of nitrogens with zero attached hydrogens (tertiary/aromatic N) is 5. The van der Waals surface area contributed by atoms with Crippen LogP contribution < -0.4 is 20.7 Å². The van der Waals surface area contributed by atoms with E-state index in [1.54, 1.807) is 7.05 Å². The minimum atomic E-state index is -4.73. The molecule has 2 aliphatic rings. The van der Waals surface area contributed by atoms with E-state index in [2.05, 4.69) is 34.8 Å². The van der Waals surface area contributed by atoms with Gasteiger partial charge in [0.25, 0.3) is 0 Å². The van der Waals surface area contributed by atoms with Crippen LogP contribution in [0.25, 0.3) is 21.9 Å². The predicted molar refractivity (Wildman–Crippen MR) is 136 cm³/mol. The van der Waals surface area contributed by atoms with Crippen LogP contribution in [0.15, 0.2) is 18.5 Å². The summed E-state index contributed by atoms with van der Waals surface area (Å²) in [5.74, 6) is -1.19. The molecule has 1 saturated carbocycles. The first kappa shape index (κ1) is 25.8. The highest BCUT2D eigenvalue weighted by molar-refractivity contribution is 7.46. The van der Waals surface area contributed by atoms with E-state index in [0.717, 1.165) is 18.9 Å². The molecular weight excluding hydrogens is 537 g/mol. The second-order valence-electron chi connectivity index (χ2n) is 9.72. The van der Waals surface area contributed by atoms with Crippen LogP contribution in [0.2, 0.25) is 0 Å². The second-order valence-corrected chi connectivity index (χ2v) is 10.9. The zero-order chi connectivity index (χ0) is 27.6. The van der Waals surface area contributed by atoms with Crippen molar-refractivity contribution in [3.05, 3.63) is 35.9 Å². The van der Waals surface area contributed by atoms with E-state index in [0.29, 0.717) is 29.0 Å². The Hall–Kier alpha value is -3.49. The second kappa shape index (κ2) is 9.31. The van der Waals surface area contributed by atoms with Crippen molar-refractivity contribution in [3.63, 3.8) is 0 Å². The molecule has 4 aromatic rings. The van der Waals surface area contributed by atoms with Crippen molar-refractivity contribution in [1.29, 1.82) is 0 Å². The van der Waals surface area contributed by atoms with Crippen molar-refractivity contribution < 1.29 is 32.4 Å². The highest BCUT2D eigenvalue weighted by Crippen LogP contribution is 2.45. The van der Waals surface area contributed by atoms with Crippen LogP contribution in [0.1, 0.15) is 31.7 Å². The highest BCUT2D eigenvalue weighted by Gasteiger charge is 2.44. The van der Waals surface area contributed by atoms with Crippen LogP contribution in [0.4, 0.5) is 20.3 Å². The molecule has 2 bridgehead atoms. The summed E-state index contributed by atoms with van der Waals surface area (Å²) < 4.78 is 51.3. The van der Waals surface area contributed by atoms with Crippen molar-refractivity contribution in [2.24, 2.45) is 11.7 Å². The normalized spacial score (nSPS) is 21.7. The number of phosphoric ester groups is 1. The molecule has 1 saturated heterocycles. The fraction of sp³-hybridized carbons (Fsp3) is 0.391. The van der Waals surface area contributed by atoms with Gasteiger partial charge in [0.15, 0.2) is 23.2 Å². The van der Waals surface area contributed by atoms with Gasteiger partial charge < -0.3 is 35.5 Å². The van der Waals surface area contributed by atoms with E-state index in [4.69, 9.17) is 20.3 Å². The Morgan fingerprint density at radius 1 is 1.23 bits per heavy atom. The molecule has 4 atom stereocenters. The summed E-state index contributed by atoms with van der Waals surface area (Å²) in [7, 11) is -3.12. The quantitative estimate of drug-likeness (QED) is 0.208. The molecular formula is C23H25F2N8O5P. The lowest BCUT2D eigenvalue weighted by Crippen LogP contribution is -2.41. The largest absolute Gasteiger partial charge is 0.470 e. The van der Waals surface area contributed by atoms with Crippen LogP contribution in [-0.4, -0.2) is 60.4 Å². The molecule has 1 aromatic carbocycles. The third-order valence-electron chi connectivity index (χ3n) is 7.24. The molecule has 0 spiro atoms. The molecule has 3 aromatic heterocycles. The smallest absolute Gasteiger partial charge is 0.421 e. The summed E-state index contributed by atoms with van der Waals surface area (Å²) in [5.41, 5.74) is 7.20. The number of hydrogen-bond donors (Lipinski definition) is 5. The number of anilines is 2. The number of H-pyrrole nitrogens is 1. The van der Waals surface area contributed by atoms with Crippen LogP contribution in [0, 0.1) is 17.6 Å². The molecule has 1 aliphatic carbocycles. The average molecular weight is 562 g/mol. The number of ether oxygens (including phenoxy) is 1. The number of piperidine rings is 1. The lowest BCUT2D eigenvalue weighted by atomic mass is 10.0. The molecule has 4 unspecified atom stereocenters. The summed E-state index contributed by atoms with van der Waals surface area (Å²) in [6.45, 7) is 2.00. The third kappa shape index (κ3) is 4.55. The fourth-order valence-corrected chi connectivity index (χ4v) is 6.02. The summed E-state index contributed by atoms with van der Waals surface area (Å²) >= 11 is 0. The monoisotopic (exact) mass is 562 g/mol. The predicted octanol–water partition coefficient (Wildman–Crippen LogP) is 3.11. The van der Waals surface area contributed by atoms with Crippen molar-refractivity contribution in [3.8, 4) is 11.8 Å². The van der Waals surface area contributed by atoms with Gasteiger partial charge in [-0.2, -0.15) is 9.97 Å². The standard InChI is InChI=1S/C23H25F2N8O5P/c1-9(38-39(34,35)36)20-28-6-12(7-29-20)37-23-31-21-17(16-18(25)13(24)5-15(27-2)19(16)30-21)22(32-23)33-8-10-3-11(33)4-14(10)26/h5-7,9-11,14,27H,3-4,8,26H2,1-2H3,(H,30,31,32)(H2,34,35,36). The van der Waals surface area contributed by atoms with E-state index >= 15 is 4.39 Å². The molecule has 13 nitrogen and oxygen atoms in total. The molecule has 6 N–H and O–H groups in total. The molecule has 2 fully saturated rings. The highest BCUT2D eigenvalue weighted by atomic mass is 31.2. The summed E-state index contributed by atoms with van der Waals surface area (Å²) in [4.78, 5) is 40.3. The number of nitrogens with two attached hydrogens (primary N) is 1. The molecule has 0 amide bonds. The number of aromatic nitrogens is 5. The minimum Gasteiger partial charge on any atom is -0.421 e. The number of halogens is 2. The average Bonchev–Trinajstić information content (AvgIpc) is 3.57. The number of phosphoric acid groups is 1. The van der Waals surface area contributed by atoms with Gasteiger partial charge in [-0.25, -0.2) is 23.3 Å². The number of hydrogen-bond acceptors (Lipinski definition) is 10. The first-order chi connectivity index (χ1) is 18.5. The van der Waals surface area contributed by atoms with Crippen molar-refractivity contribution in [2.45, 2.75) is 38.0 Å². The van der Waals surface area contributed by atoms with Gasteiger partial charge in [-0.3, -0.25) is 4.52 Å². The number of aromatic amines is 1. The zero-order valence-electron chi connectivity index (χ0n) is 20.8.